The maximum atomic E-state index is 13.5. The van der Waals surface area contributed by atoms with Crippen LogP contribution in [0.3, 0.4) is 0 Å². The SMILES string of the molecule is CCCN(CCC(=O)O)c1c(F)cccc1F. The zero-order chi connectivity index (χ0) is 12.8. The lowest BCUT2D eigenvalue weighted by molar-refractivity contribution is -0.136. The minimum atomic E-state index is -0.983. The number of carbonyl (C=O) groups is 1. The summed E-state index contributed by atoms with van der Waals surface area (Å²) in [4.78, 5) is 11.9. The molecule has 0 aliphatic carbocycles. The highest BCUT2D eigenvalue weighted by molar-refractivity contribution is 5.67. The van der Waals surface area contributed by atoms with Crippen molar-refractivity contribution in [2.24, 2.45) is 0 Å². The quantitative estimate of drug-likeness (QED) is 0.835. The third kappa shape index (κ3) is 3.69. The van der Waals surface area contributed by atoms with Crippen LogP contribution in [0.5, 0.6) is 0 Å². The first-order valence-corrected chi connectivity index (χ1v) is 5.47. The van der Waals surface area contributed by atoms with E-state index < -0.39 is 17.6 Å². The highest BCUT2D eigenvalue weighted by Crippen LogP contribution is 2.23. The number of aliphatic carboxylic acids is 1. The van der Waals surface area contributed by atoms with Gasteiger partial charge < -0.3 is 10.0 Å². The van der Waals surface area contributed by atoms with Crippen molar-refractivity contribution in [3.05, 3.63) is 29.8 Å². The Hall–Kier alpha value is -1.65. The highest BCUT2D eigenvalue weighted by atomic mass is 19.1. The van der Waals surface area contributed by atoms with E-state index in [-0.39, 0.29) is 18.7 Å². The van der Waals surface area contributed by atoms with Gasteiger partial charge in [0.1, 0.15) is 17.3 Å². The number of rotatable bonds is 6. The third-order valence-electron chi connectivity index (χ3n) is 2.34. The molecule has 3 nitrogen and oxygen atoms in total. The minimum Gasteiger partial charge on any atom is -0.481 e. The number of hydrogen-bond acceptors (Lipinski definition) is 2. The first kappa shape index (κ1) is 13.4. The Morgan fingerprint density at radius 1 is 1.29 bits per heavy atom. The smallest absolute Gasteiger partial charge is 0.305 e. The lowest BCUT2D eigenvalue weighted by Crippen LogP contribution is -2.28. The largest absolute Gasteiger partial charge is 0.481 e. The molecule has 0 unspecified atom stereocenters. The number of nitrogens with zero attached hydrogens (tertiary/aromatic N) is 1. The standard InChI is InChI=1S/C12H15F2NO2/c1-2-7-15(8-6-11(16)17)12-9(13)4-3-5-10(12)14/h3-5H,2,6-8H2,1H3,(H,16,17). The van der Waals surface area contributed by atoms with Crippen LogP contribution in [-0.2, 0) is 4.79 Å². The van der Waals surface area contributed by atoms with Crippen molar-refractivity contribution in [2.75, 3.05) is 18.0 Å². The molecule has 0 amide bonds. The summed E-state index contributed by atoms with van der Waals surface area (Å²) >= 11 is 0. The summed E-state index contributed by atoms with van der Waals surface area (Å²) in [5.74, 6) is -2.31. The molecule has 1 rings (SSSR count). The van der Waals surface area contributed by atoms with Gasteiger partial charge in [-0.3, -0.25) is 4.79 Å². The zero-order valence-electron chi connectivity index (χ0n) is 9.62. The zero-order valence-corrected chi connectivity index (χ0v) is 9.62. The number of benzene rings is 1. The molecular weight excluding hydrogens is 228 g/mol. The van der Waals surface area contributed by atoms with E-state index in [1.807, 2.05) is 6.92 Å². The Bertz CT molecular complexity index is 376. The van der Waals surface area contributed by atoms with Crippen molar-refractivity contribution in [1.82, 2.24) is 0 Å². The van der Waals surface area contributed by atoms with Crippen LogP contribution >= 0.6 is 0 Å². The van der Waals surface area contributed by atoms with Crippen molar-refractivity contribution in [1.29, 1.82) is 0 Å². The van der Waals surface area contributed by atoms with Gasteiger partial charge in [0.2, 0.25) is 0 Å². The van der Waals surface area contributed by atoms with Crippen LogP contribution in [0.1, 0.15) is 19.8 Å². The van der Waals surface area contributed by atoms with E-state index in [1.165, 1.54) is 23.1 Å². The number of carboxylic acid groups (broad SMARTS) is 1. The minimum absolute atomic E-state index is 0.0982. The molecule has 1 aromatic carbocycles. The van der Waals surface area contributed by atoms with Gasteiger partial charge in [-0.05, 0) is 18.6 Å². The maximum absolute atomic E-state index is 13.5. The molecule has 0 bridgehead atoms. The molecule has 0 aromatic heterocycles. The molecule has 5 heteroatoms. The van der Waals surface area contributed by atoms with Crippen molar-refractivity contribution in [2.45, 2.75) is 19.8 Å². The molecule has 0 radical (unpaired) electrons. The summed E-state index contributed by atoms with van der Waals surface area (Å²) in [6, 6.07) is 3.62. The maximum Gasteiger partial charge on any atom is 0.305 e. The van der Waals surface area contributed by atoms with Gasteiger partial charge in [-0.2, -0.15) is 0 Å². The van der Waals surface area contributed by atoms with E-state index in [1.54, 1.807) is 0 Å². The van der Waals surface area contributed by atoms with Crippen LogP contribution in [-0.4, -0.2) is 24.2 Å². The molecule has 0 saturated carbocycles. The average Bonchev–Trinajstić information content (AvgIpc) is 2.25. The Morgan fingerprint density at radius 2 is 1.88 bits per heavy atom. The first-order chi connectivity index (χ1) is 8.06. The van der Waals surface area contributed by atoms with Crippen LogP contribution in [0.25, 0.3) is 0 Å². The van der Waals surface area contributed by atoms with Crippen molar-refractivity contribution in [3.8, 4) is 0 Å². The Labute approximate surface area is 98.7 Å². The molecule has 0 heterocycles. The predicted molar refractivity (Wildman–Crippen MR) is 61.1 cm³/mol. The summed E-state index contributed by atoms with van der Waals surface area (Å²) in [6.45, 7) is 2.39. The average molecular weight is 243 g/mol. The molecule has 0 spiro atoms. The van der Waals surface area contributed by atoms with Crippen LogP contribution in [0.2, 0.25) is 0 Å². The van der Waals surface area contributed by atoms with E-state index in [0.717, 1.165) is 0 Å². The monoisotopic (exact) mass is 243 g/mol. The number of hydrogen-bond donors (Lipinski definition) is 1. The fourth-order valence-corrected chi connectivity index (χ4v) is 1.63. The fourth-order valence-electron chi connectivity index (χ4n) is 1.63. The molecule has 0 fully saturated rings. The van der Waals surface area contributed by atoms with Gasteiger partial charge in [0.25, 0.3) is 0 Å². The third-order valence-corrected chi connectivity index (χ3v) is 2.34. The molecule has 0 atom stereocenters. The van der Waals surface area contributed by atoms with Gasteiger partial charge in [-0.15, -0.1) is 0 Å². The van der Waals surface area contributed by atoms with E-state index >= 15 is 0 Å². The van der Waals surface area contributed by atoms with Gasteiger partial charge >= 0.3 is 5.97 Å². The second-order valence-electron chi connectivity index (χ2n) is 3.70. The number of halogens is 2. The molecule has 17 heavy (non-hydrogen) atoms. The molecule has 1 N–H and O–H groups in total. The Morgan fingerprint density at radius 3 is 2.35 bits per heavy atom. The molecule has 0 saturated heterocycles. The summed E-state index contributed by atoms with van der Waals surface area (Å²) in [5.41, 5.74) is -0.143. The summed E-state index contributed by atoms with van der Waals surface area (Å²) in [7, 11) is 0. The number of anilines is 1. The summed E-state index contributed by atoms with van der Waals surface area (Å²) in [5, 5.41) is 8.60. The van der Waals surface area contributed by atoms with Crippen molar-refractivity contribution >= 4 is 11.7 Å². The first-order valence-electron chi connectivity index (χ1n) is 5.47. The number of para-hydroxylation sites is 1. The van der Waals surface area contributed by atoms with Gasteiger partial charge in [-0.25, -0.2) is 8.78 Å². The van der Waals surface area contributed by atoms with Gasteiger partial charge in [0.15, 0.2) is 0 Å². The predicted octanol–water partition coefficient (Wildman–Crippen LogP) is 2.66. The van der Waals surface area contributed by atoms with Crippen LogP contribution in [0.4, 0.5) is 14.5 Å². The fraction of sp³-hybridized carbons (Fsp3) is 0.417. The van der Waals surface area contributed by atoms with E-state index in [4.69, 9.17) is 5.11 Å². The highest BCUT2D eigenvalue weighted by Gasteiger charge is 2.16. The van der Waals surface area contributed by atoms with E-state index in [9.17, 15) is 13.6 Å². The van der Waals surface area contributed by atoms with Crippen LogP contribution < -0.4 is 4.90 Å². The molecular formula is C12H15F2NO2. The van der Waals surface area contributed by atoms with Gasteiger partial charge in [0, 0.05) is 13.1 Å². The molecule has 0 aliphatic heterocycles. The second kappa shape index (κ2) is 6.18. The summed E-state index contributed by atoms with van der Waals surface area (Å²) in [6.07, 6.45) is 0.543. The van der Waals surface area contributed by atoms with Crippen molar-refractivity contribution < 1.29 is 18.7 Å². The normalized spacial score (nSPS) is 10.3. The Kier molecular flexibility index (Phi) is 4.87. The van der Waals surface area contributed by atoms with Crippen LogP contribution in [0.15, 0.2) is 18.2 Å². The second-order valence-corrected chi connectivity index (χ2v) is 3.70. The number of carboxylic acids is 1. The lowest BCUT2D eigenvalue weighted by Gasteiger charge is -2.24. The lowest BCUT2D eigenvalue weighted by atomic mass is 10.2. The van der Waals surface area contributed by atoms with Crippen molar-refractivity contribution in [3.63, 3.8) is 0 Å². The van der Waals surface area contributed by atoms with Gasteiger partial charge in [0.05, 0.1) is 6.42 Å². The summed E-state index contributed by atoms with van der Waals surface area (Å²) < 4.78 is 27.0. The molecule has 1 aromatic rings. The van der Waals surface area contributed by atoms with Gasteiger partial charge in [-0.1, -0.05) is 13.0 Å². The molecule has 94 valence electrons. The Balaban J connectivity index is 2.92. The molecule has 0 aliphatic rings. The van der Waals surface area contributed by atoms with E-state index in [2.05, 4.69) is 0 Å². The van der Waals surface area contributed by atoms with E-state index in [0.29, 0.717) is 13.0 Å². The van der Waals surface area contributed by atoms with Crippen LogP contribution in [0, 0.1) is 11.6 Å². The topological polar surface area (TPSA) is 40.5 Å².